The van der Waals surface area contributed by atoms with Crippen LogP contribution in [-0.2, 0) is 65.4 Å². The van der Waals surface area contributed by atoms with Gasteiger partial charge in [-0.3, -0.25) is 37.3 Å². The monoisotopic (exact) mass is 1510 g/mol. The van der Waals surface area contributed by atoms with Crippen LogP contribution in [0.3, 0.4) is 0 Å². The number of phosphoric ester groups is 2. The van der Waals surface area contributed by atoms with E-state index in [1.54, 1.807) is 0 Å². The van der Waals surface area contributed by atoms with Crippen LogP contribution in [0, 0.1) is 0 Å². The highest BCUT2D eigenvalue weighted by atomic mass is 31.2. The molecule has 5 unspecified atom stereocenters. The summed E-state index contributed by atoms with van der Waals surface area (Å²) in [7, 11) is -10.0. The van der Waals surface area contributed by atoms with E-state index in [0.717, 1.165) is 167 Å². The van der Waals surface area contributed by atoms with Gasteiger partial charge in [0.05, 0.1) is 26.4 Å². The lowest BCUT2D eigenvalue weighted by Gasteiger charge is -2.21. The molecule has 0 saturated carbocycles. The summed E-state index contributed by atoms with van der Waals surface area (Å²) in [5, 5.41) is 10.6. The Morgan fingerprint density at radius 2 is 0.519 bits per heavy atom. The van der Waals surface area contributed by atoms with Crippen molar-refractivity contribution in [2.75, 3.05) is 39.6 Å². The number of hydrogen-bond acceptors (Lipinski definition) is 15. The lowest BCUT2D eigenvalue weighted by Crippen LogP contribution is -2.30. The van der Waals surface area contributed by atoms with E-state index in [-0.39, 0.29) is 25.7 Å². The van der Waals surface area contributed by atoms with Gasteiger partial charge in [0, 0.05) is 25.7 Å². The number of aliphatic hydroxyl groups excluding tert-OH is 1. The van der Waals surface area contributed by atoms with Crippen LogP contribution in [0.4, 0.5) is 0 Å². The van der Waals surface area contributed by atoms with Gasteiger partial charge in [-0.2, -0.15) is 0 Å². The fraction of sp³-hybridized carbons (Fsp3) is 0.563. The lowest BCUT2D eigenvalue weighted by atomic mass is 10.1. The Morgan fingerprint density at radius 3 is 0.840 bits per heavy atom. The summed E-state index contributed by atoms with van der Waals surface area (Å²) in [5.41, 5.74) is 0. The first-order valence-electron chi connectivity index (χ1n) is 39.3. The first kappa shape index (κ1) is 99.6. The molecule has 0 saturated heterocycles. The van der Waals surface area contributed by atoms with Crippen LogP contribution in [0.15, 0.2) is 207 Å². The number of carbonyl (C=O) groups excluding carboxylic acids is 4. The number of ether oxygens (including phenoxy) is 4. The van der Waals surface area contributed by atoms with E-state index in [9.17, 15) is 43.2 Å². The number of aliphatic hydroxyl groups is 1. The molecule has 17 nitrogen and oxygen atoms in total. The zero-order valence-corrected chi connectivity index (χ0v) is 66.8. The summed E-state index contributed by atoms with van der Waals surface area (Å²) in [6.45, 7) is 4.23. The molecule has 0 aliphatic carbocycles. The van der Waals surface area contributed by atoms with E-state index in [0.29, 0.717) is 38.5 Å². The second kappa shape index (κ2) is 76.8. The van der Waals surface area contributed by atoms with Gasteiger partial charge in [-0.05, 0) is 167 Å². The molecule has 0 fully saturated rings. The molecule has 0 aliphatic rings. The molecule has 0 radical (unpaired) electrons. The number of unbranched alkanes of at least 4 members (excludes halogenated alkanes) is 11. The Hall–Kier alpha value is -6.36. The van der Waals surface area contributed by atoms with Crippen molar-refractivity contribution in [1.29, 1.82) is 0 Å². The normalized spacial score (nSPS) is 15.0. The molecule has 0 spiro atoms. The molecule has 19 heteroatoms. The van der Waals surface area contributed by atoms with Gasteiger partial charge in [0.15, 0.2) is 12.2 Å². The van der Waals surface area contributed by atoms with Crippen LogP contribution >= 0.6 is 15.6 Å². The summed E-state index contributed by atoms with van der Waals surface area (Å²) in [6.07, 6.45) is 95.5. The van der Waals surface area contributed by atoms with Crippen molar-refractivity contribution in [3.8, 4) is 0 Å². The minimum Gasteiger partial charge on any atom is -0.462 e. The summed E-state index contributed by atoms with van der Waals surface area (Å²) >= 11 is 0. The van der Waals surface area contributed by atoms with Crippen molar-refractivity contribution >= 4 is 39.5 Å². The van der Waals surface area contributed by atoms with E-state index >= 15 is 0 Å². The Balaban J connectivity index is 5.53. The fourth-order valence-electron chi connectivity index (χ4n) is 9.37. The largest absolute Gasteiger partial charge is 0.472 e. The molecule has 0 aromatic carbocycles. The van der Waals surface area contributed by atoms with E-state index in [1.165, 1.54) is 0 Å². The minimum absolute atomic E-state index is 0.0203. The molecule has 0 aromatic heterocycles. The molecular weight excluding hydrogens is 1380 g/mol. The molecule has 0 bridgehead atoms. The van der Waals surface area contributed by atoms with Gasteiger partial charge < -0.3 is 33.8 Å². The smallest absolute Gasteiger partial charge is 0.462 e. The molecule has 0 rings (SSSR count). The summed E-state index contributed by atoms with van der Waals surface area (Å²) in [5.74, 6) is -2.41. The first-order valence-corrected chi connectivity index (χ1v) is 42.3. The third-order valence-corrected chi connectivity index (χ3v) is 17.1. The topological polar surface area (TPSA) is 237 Å². The van der Waals surface area contributed by atoms with Gasteiger partial charge in [-0.1, -0.05) is 273 Å². The van der Waals surface area contributed by atoms with Crippen LogP contribution in [0.2, 0.25) is 0 Å². The summed E-state index contributed by atoms with van der Waals surface area (Å²) in [4.78, 5) is 73.0. The molecule has 0 heterocycles. The van der Waals surface area contributed by atoms with Crippen molar-refractivity contribution in [1.82, 2.24) is 0 Å². The highest BCUT2D eigenvalue weighted by Gasteiger charge is 2.30. The van der Waals surface area contributed by atoms with Crippen molar-refractivity contribution in [3.63, 3.8) is 0 Å². The van der Waals surface area contributed by atoms with E-state index in [1.807, 2.05) is 30.4 Å². The second-order valence-corrected chi connectivity index (χ2v) is 28.1. The average Bonchev–Trinajstić information content (AvgIpc) is 0.907. The lowest BCUT2D eigenvalue weighted by molar-refractivity contribution is -0.161. The zero-order chi connectivity index (χ0) is 77.4. The van der Waals surface area contributed by atoms with Gasteiger partial charge in [-0.25, -0.2) is 9.13 Å². The molecule has 0 aliphatic heterocycles. The number of phosphoric acid groups is 2. The second-order valence-electron chi connectivity index (χ2n) is 25.1. The maximum Gasteiger partial charge on any atom is 0.472 e. The van der Waals surface area contributed by atoms with Gasteiger partial charge in [-0.15, -0.1) is 0 Å². The first-order chi connectivity index (χ1) is 51.7. The van der Waals surface area contributed by atoms with Gasteiger partial charge in [0.25, 0.3) is 0 Å². The number of allylic oxidation sites excluding steroid dienone is 34. The molecular formula is C87H136O17P2. The van der Waals surface area contributed by atoms with Crippen molar-refractivity contribution in [2.45, 2.75) is 277 Å². The third kappa shape index (κ3) is 75.9. The Kier molecular flexibility index (Phi) is 72.2. The molecule has 106 heavy (non-hydrogen) atoms. The van der Waals surface area contributed by atoms with E-state index in [4.69, 9.17) is 37.0 Å². The van der Waals surface area contributed by atoms with Crippen LogP contribution in [0.5, 0.6) is 0 Å². The number of carbonyl (C=O) groups is 4. The van der Waals surface area contributed by atoms with E-state index in [2.05, 4.69) is 204 Å². The maximum absolute atomic E-state index is 13.1. The van der Waals surface area contributed by atoms with E-state index < -0.39 is 97.5 Å². The van der Waals surface area contributed by atoms with Gasteiger partial charge in [0.1, 0.15) is 19.3 Å². The standard InChI is InChI=1S/C87H136O17P2/c1-5-9-13-17-21-25-29-33-36-39-40-43-45-49-52-56-60-64-68-72-85(90)98-78-83(104-87(92)74-70-66-62-58-54-50-46-42-38-35-31-27-23-19-15-11-7-3)80-102-106(95,96)100-76-81(88)75-99-105(93,94)101-79-82(103-86(91)73-69-65-61-57-53-47-32-28-24-20-16-12-8-4)77-97-84(89)71-67-63-59-55-51-48-44-41-37-34-30-26-22-18-14-10-6-2/h9-11,13-16,20-23,25-28,32-38,40,43-44,46,48-50,52,55,59-60,64,81-83,88H,5-8,12,17-19,24,29-31,39,41-42,45,47,51,53-54,56-58,61-63,65-80H2,1-4H3,(H,93,94)(H,95,96)/b13-9-,14-10-,15-11-,20-16-,25-21-,26-22-,27-23-,32-28-,36-33-,37-34-,38-35-,43-40-,48-44-,50-46-,52-49-,59-55-,64-60-. The number of esters is 4. The average molecular weight is 1520 g/mol. The van der Waals surface area contributed by atoms with Crippen molar-refractivity contribution < 1.29 is 80.2 Å². The van der Waals surface area contributed by atoms with Crippen molar-refractivity contribution in [3.05, 3.63) is 207 Å². The number of hydrogen-bond donors (Lipinski definition) is 3. The zero-order valence-electron chi connectivity index (χ0n) is 65.0. The summed E-state index contributed by atoms with van der Waals surface area (Å²) in [6, 6.07) is 0. The third-order valence-electron chi connectivity index (χ3n) is 15.2. The van der Waals surface area contributed by atoms with Crippen LogP contribution in [-0.4, -0.2) is 96.7 Å². The summed E-state index contributed by atoms with van der Waals surface area (Å²) < 4.78 is 68.4. The number of rotatable bonds is 71. The quantitative estimate of drug-likeness (QED) is 0.0169. The molecule has 0 aromatic rings. The van der Waals surface area contributed by atoms with Crippen LogP contribution < -0.4 is 0 Å². The van der Waals surface area contributed by atoms with Gasteiger partial charge >= 0.3 is 39.5 Å². The highest BCUT2D eigenvalue weighted by molar-refractivity contribution is 7.47. The predicted molar refractivity (Wildman–Crippen MR) is 435 cm³/mol. The SMILES string of the molecule is CC/C=C\C/C=C\C/C=C\C/C=C\C/C=C\C/C=C\CCC(=O)OCC(COP(=O)(O)OCC(O)COP(=O)(O)OCC(COC(=O)CCC/C=C\C/C=C\C/C=C\C/C=C\C/C=C\CC)OC(=O)CCCCCCC/C=C\C/C=C\CCC)OC(=O)CCCCCC/C=C\C/C=C\C/C=C\C/C=C\CC. The molecule has 0 amide bonds. The van der Waals surface area contributed by atoms with Crippen LogP contribution in [0.1, 0.15) is 259 Å². The molecule has 3 N–H and O–H groups in total. The Labute approximate surface area is 639 Å². The minimum atomic E-state index is -5.02. The molecule has 5 atom stereocenters. The van der Waals surface area contributed by atoms with Gasteiger partial charge in [0.2, 0.25) is 0 Å². The van der Waals surface area contributed by atoms with Crippen LogP contribution in [0.25, 0.3) is 0 Å². The predicted octanol–water partition coefficient (Wildman–Crippen LogP) is 23.1. The molecule has 596 valence electrons. The maximum atomic E-state index is 13.1. The Morgan fingerprint density at radius 1 is 0.274 bits per heavy atom. The Bertz CT molecular complexity index is 2830. The fourth-order valence-corrected chi connectivity index (χ4v) is 10.9. The highest BCUT2D eigenvalue weighted by Crippen LogP contribution is 2.45. The van der Waals surface area contributed by atoms with Crippen molar-refractivity contribution in [2.24, 2.45) is 0 Å².